The first-order valence-electron chi connectivity index (χ1n) is 10.9. The lowest BCUT2D eigenvalue weighted by molar-refractivity contribution is -0.126. The van der Waals surface area contributed by atoms with E-state index in [-0.39, 0.29) is 11.8 Å². The zero-order valence-corrected chi connectivity index (χ0v) is 18.7. The van der Waals surface area contributed by atoms with Crippen molar-refractivity contribution in [2.24, 2.45) is 5.92 Å². The predicted octanol–water partition coefficient (Wildman–Crippen LogP) is 3.70. The molecule has 0 saturated carbocycles. The van der Waals surface area contributed by atoms with Crippen molar-refractivity contribution in [1.29, 1.82) is 0 Å². The quantitative estimate of drug-likeness (QED) is 0.588. The maximum absolute atomic E-state index is 13.6. The molecule has 2 aliphatic rings. The fraction of sp³-hybridized carbons (Fsp3) is 0.192. The number of hydrogen-bond acceptors (Lipinski definition) is 6. The highest BCUT2D eigenvalue weighted by Gasteiger charge is 2.60. The number of carbonyl (C=O) groups excluding carboxylic acids is 3. The summed E-state index contributed by atoms with van der Waals surface area (Å²) in [5.41, 5.74) is 2.65. The zero-order chi connectivity index (χ0) is 23.8. The molecule has 2 heterocycles. The van der Waals surface area contributed by atoms with Gasteiger partial charge in [0.25, 0.3) is 5.91 Å². The lowest BCUT2D eigenvalue weighted by Crippen LogP contribution is -2.37. The Labute approximate surface area is 196 Å². The second-order valence-corrected chi connectivity index (χ2v) is 8.17. The first-order valence-corrected chi connectivity index (χ1v) is 10.9. The van der Waals surface area contributed by atoms with Gasteiger partial charge in [0.05, 0.1) is 24.5 Å². The number of benzene rings is 3. The van der Waals surface area contributed by atoms with Gasteiger partial charge < -0.3 is 10.1 Å². The van der Waals surface area contributed by atoms with Gasteiger partial charge in [0.15, 0.2) is 6.10 Å². The summed E-state index contributed by atoms with van der Waals surface area (Å²) in [7, 11) is 1.55. The Morgan fingerprint density at radius 1 is 0.882 bits per heavy atom. The number of nitrogens with zero attached hydrogens (tertiary/aromatic N) is 2. The molecule has 5 rings (SSSR count). The van der Waals surface area contributed by atoms with Gasteiger partial charge in [-0.3, -0.25) is 19.2 Å². The van der Waals surface area contributed by atoms with Gasteiger partial charge in [0.2, 0.25) is 11.8 Å². The molecule has 2 aliphatic heterocycles. The Kier molecular flexibility index (Phi) is 5.51. The van der Waals surface area contributed by atoms with E-state index in [4.69, 9.17) is 9.57 Å². The Morgan fingerprint density at radius 3 is 2.18 bits per heavy atom. The van der Waals surface area contributed by atoms with Crippen molar-refractivity contribution in [1.82, 2.24) is 0 Å². The minimum absolute atomic E-state index is 0.172. The highest BCUT2D eigenvalue weighted by Crippen LogP contribution is 2.47. The molecule has 2 fully saturated rings. The molecule has 0 aliphatic carbocycles. The summed E-state index contributed by atoms with van der Waals surface area (Å²) in [5, 5.41) is 4.38. The summed E-state index contributed by atoms with van der Waals surface area (Å²) in [6.45, 7) is 1.44. The van der Waals surface area contributed by atoms with E-state index in [1.54, 1.807) is 48.6 Å². The summed E-state index contributed by atoms with van der Waals surface area (Å²) >= 11 is 0. The molecular formula is C26H23N3O5. The lowest BCUT2D eigenvalue weighted by atomic mass is 9.90. The van der Waals surface area contributed by atoms with Crippen LogP contribution < -0.4 is 20.0 Å². The summed E-state index contributed by atoms with van der Waals surface area (Å²) in [6, 6.07) is 22.8. The van der Waals surface area contributed by atoms with Gasteiger partial charge in [0.1, 0.15) is 11.7 Å². The van der Waals surface area contributed by atoms with Crippen molar-refractivity contribution in [3.8, 4) is 5.75 Å². The van der Waals surface area contributed by atoms with Crippen LogP contribution in [0.3, 0.4) is 0 Å². The molecule has 0 spiro atoms. The fourth-order valence-corrected chi connectivity index (χ4v) is 4.50. The van der Waals surface area contributed by atoms with Gasteiger partial charge in [-0.15, -0.1) is 0 Å². The van der Waals surface area contributed by atoms with E-state index >= 15 is 0 Å². The average Bonchev–Trinajstić information content (AvgIpc) is 3.36. The summed E-state index contributed by atoms with van der Waals surface area (Å²) in [5.74, 6) is -1.00. The number of hydrogen-bond donors (Lipinski definition) is 1. The highest BCUT2D eigenvalue weighted by atomic mass is 16.7. The maximum Gasteiger partial charge on any atom is 0.266 e. The Morgan fingerprint density at radius 2 is 1.56 bits per heavy atom. The molecule has 0 radical (unpaired) electrons. The molecule has 3 aromatic carbocycles. The van der Waals surface area contributed by atoms with Crippen molar-refractivity contribution < 1.29 is 24.0 Å². The number of hydroxylamine groups is 1. The van der Waals surface area contributed by atoms with Crippen LogP contribution >= 0.6 is 0 Å². The normalized spacial score (nSPS) is 21.5. The smallest absolute Gasteiger partial charge is 0.266 e. The summed E-state index contributed by atoms with van der Waals surface area (Å²) in [4.78, 5) is 45.7. The minimum atomic E-state index is -0.949. The molecule has 8 heteroatoms. The van der Waals surface area contributed by atoms with Crippen LogP contribution in [0.25, 0.3) is 0 Å². The third-order valence-corrected chi connectivity index (χ3v) is 6.03. The monoisotopic (exact) mass is 457 g/mol. The molecule has 172 valence electrons. The third kappa shape index (κ3) is 3.68. The van der Waals surface area contributed by atoms with Crippen molar-refractivity contribution in [2.75, 3.05) is 22.4 Å². The molecule has 3 aromatic rings. The van der Waals surface area contributed by atoms with Crippen LogP contribution in [-0.4, -0.2) is 30.9 Å². The minimum Gasteiger partial charge on any atom is -0.497 e. The highest BCUT2D eigenvalue weighted by molar-refractivity contribution is 6.24. The first kappa shape index (κ1) is 21.7. The third-order valence-electron chi connectivity index (χ3n) is 6.03. The summed E-state index contributed by atoms with van der Waals surface area (Å²) in [6.07, 6.45) is -0.949. The molecule has 1 N–H and O–H groups in total. The number of para-hydroxylation sites is 1. The number of amides is 3. The van der Waals surface area contributed by atoms with E-state index in [9.17, 15) is 14.4 Å². The van der Waals surface area contributed by atoms with Gasteiger partial charge in [-0.1, -0.05) is 30.3 Å². The van der Waals surface area contributed by atoms with E-state index in [1.165, 1.54) is 11.8 Å². The maximum atomic E-state index is 13.6. The van der Waals surface area contributed by atoms with Gasteiger partial charge in [0, 0.05) is 12.6 Å². The van der Waals surface area contributed by atoms with Crippen LogP contribution in [0, 0.1) is 5.92 Å². The van der Waals surface area contributed by atoms with Crippen molar-refractivity contribution in [3.63, 3.8) is 0 Å². The second kappa shape index (κ2) is 8.64. The van der Waals surface area contributed by atoms with Gasteiger partial charge >= 0.3 is 0 Å². The Hall–Kier alpha value is -4.17. The van der Waals surface area contributed by atoms with Crippen LogP contribution in [0.4, 0.5) is 17.1 Å². The van der Waals surface area contributed by atoms with E-state index in [0.717, 1.165) is 11.3 Å². The molecule has 2 saturated heterocycles. The predicted molar refractivity (Wildman–Crippen MR) is 126 cm³/mol. The van der Waals surface area contributed by atoms with Crippen LogP contribution in [0.2, 0.25) is 0 Å². The zero-order valence-electron chi connectivity index (χ0n) is 18.7. The average molecular weight is 457 g/mol. The molecular weight excluding hydrogens is 434 g/mol. The number of carbonyl (C=O) groups is 3. The molecule has 3 amide bonds. The van der Waals surface area contributed by atoms with E-state index in [1.807, 2.05) is 42.5 Å². The molecule has 0 aromatic heterocycles. The largest absolute Gasteiger partial charge is 0.497 e. The molecule has 34 heavy (non-hydrogen) atoms. The fourth-order valence-electron chi connectivity index (χ4n) is 4.50. The Balaban J connectivity index is 1.53. The Bertz CT molecular complexity index is 1230. The topological polar surface area (TPSA) is 88.2 Å². The molecule has 0 unspecified atom stereocenters. The standard InChI is InChI=1S/C26H23N3O5/c1-16(30)27-18-10-8-17(9-11-18)23-22-24(34-29(23)20-6-4-3-5-7-20)26(32)28(25(22)31)19-12-14-21(33-2)15-13-19/h3-15,22-24H,1-2H3,(H,27,30)/t22-,23-,24+/m1/s1. The number of rotatable bonds is 5. The summed E-state index contributed by atoms with van der Waals surface area (Å²) < 4.78 is 5.19. The SMILES string of the molecule is COc1ccc(N2C(=O)[C@H]3[C@H](ON(c4ccccc4)[C@@H]3c3ccc(NC(C)=O)cc3)C2=O)cc1. The molecule has 0 bridgehead atoms. The number of anilines is 3. The molecule has 3 atom stereocenters. The van der Waals surface area contributed by atoms with E-state index < -0.39 is 24.0 Å². The number of imide groups is 1. The van der Waals surface area contributed by atoms with Gasteiger partial charge in [-0.2, -0.15) is 0 Å². The molecule has 8 nitrogen and oxygen atoms in total. The second-order valence-electron chi connectivity index (χ2n) is 8.17. The lowest BCUT2D eigenvalue weighted by Gasteiger charge is -2.29. The van der Waals surface area contributed by atoms with Crippen LogP contribution in [0.5, 0.6) is 5.75 Å². The van der Waals surface area contributed by atoms with Crippen LogP contribution in [0.1, 0.15) is 18.5 Å². The van der Waals surface area contributed by atoms with Crippen LogP contribution in [-0.2, 0) is 19.2 Å². The van der Waals surface area contributed by atoms with Crippen molar-refractivity contribution >= 4 is 34.8 Å². The van der Waals surface area contributed by atoms with Crippen molar-refractivity contribution in [3.05, 3.63) is 84.4 Å². The van der Waals surface area contributed by atoms with Gasteiger partial charge in [-0.25, -0.2) is 9.96 Å². The van der Waals surface area contributed by atoms with E-state index in [2.05, 4.69) is 5.32 Å². The number of ether oxygens (including phenoxy) is 1. The number of nitrogens with one attached hydrogen (secondary N) is 1. The van der Waals surface area contributed by atoms with Crippen LogP contribution in [0.15, 0.2) is 78.9 Å². The van der Waals surface area contributed by atoms with Gasteiger partial charge in [-0.05, 0) is 54.1 Å². The van der Waals surface area contributed by atoms with E-state index in [0.29, 0.717) is 17.1 Å². The number of fused-ring (bicyclic) bond motifs is 1. The van der Waals surface area contributed by atoms with Crippen molar-refractivity contribution in [2.45, 2.75) is 19.1 Å². The first-order chi connectivity index (χ1) is 16.5. The number of methoxy groups -OCH3 is 1.